The summed E-state index contributed by atoms with van der Waals surface area (Å²) in [4.78, 5) is 4.60. The maximum atomic E-state index is 4.60. The Kier molecular flexibility index (Phi) is 5.08. The summed E-state index contributed by atoms with van der Waals surface area (Å²) in [7, 11) is 0. The van der Waals surface area contributed by atoms with Gasteiger partial charge in [-0.3, -0.25) is 5.43 Å². The maximum absolute atomic E-state index is 4.60. The number of anilines is 1. The Bertz CT molecular complexity index is 1040. The zero-order chi connectivity index (χ0) is 18.5. The van der Waals surface area contributed by atoms with E-state index in [0.29, 0.717) is 0 Å². The van der Waals surface area contributed by atoms with E-state index >= 15 is 0 Å². The zero-order valence-electron chi connectivity index (χ0n) is 15.0. The van der Waals surface area contributed by atoms with Crippen molar-refractivity contribution in [2.75, 3.05) is 5.43 Å². The molecule has 0 unspecified atom stereocenters. The van der Waals surface area contributed by atoms with E-state index in [-0.39, 0.29) is 0 Å². The number of thiazole rings is 1. The van der Waals surface area contributed by atoms with Crippen LogP contribution in [-0.4, -0.2) is 10.7 Å². The van der Waals surface area contributed by atoms with Crippen LogP contribution >= 0.6 is 11.3 Å². The van der Waals surface area contributed by atoms with Crippen molar-refractivity contribution in [1.29, 1.82) is 0 Å². The Hall–Kier alpha value is -3.24. The first kappa shape index (κ1) is 17.2. The van der Waals surface area contributed by atoms with Gasteiger partial charge in [-0.15, -0.1) is 11.3 Å². The number of aromatic nitrogens is 1. The lowest BCUT2D eigenvalue weighted by Crippen LogP contribution is -1.99. The van der Waals surface area contributed by atoms with Crippen molar-refractivity contribution in [3.8, 4) is 22.4 Å². The molecule has 0 radical (unpaired) electrons. The fourth-order valence-corrected chi connectivity index (χ4v) is 3.46. The number of hydrazone groups is 1. The topological polar surface area (TPSA) is 37.3 Å². The zero-order valence-corrected chi connectivity index (χ0v) is 15.8. The summed E-state index contributed by atoms with van der Waals surface area (Å²) in [6, 6.07) is 29.0. The second-order valence-electron chi connectivity index (χ2n) is 6.16. The average Bonchev–Trinajstić information content (AvgIpc) is 3.22. The number of nitrogens with zero attached hydrogens (tertiary/aromatic N) is 2. The Morgan fingerprint density at radius 2 is 1.37 bits per heavy atom. The molecule has 4 heteroatoms. The third-order valence-electron chi connectivity index (χ3n) is 4.30. The summed E-state index contributed by atoms with van der Waals surface area (Å²) in [5.74, 6) is 0. The Balaban J connectivity index is 1.46. The van der Waals surface area contributed by atoms with Crippen molar-refractivity contribution in [2.45, 2.75) is 6.92 Å². The number of rotatable bonds is 5. The highest BCUT2D eigenvalue weighted by Gasteiger charge is 2.04. The highest BCUT2D eigenvalue weighted by Crippen LogP contribution is 2.25. The minimum Gasteiger partial charge on any atom is -0.252 e. The van der Waals surface area contributed by atoms with E-state index in [1.54, 1.807) is 11.3 Å². The SMILES string of the molecule is C/C(=N/Nc1nc(-c2ccccc2)cs1)c1ccc(-c2ccccc2)cc1. The molecule has 0 bridgehead atoms. The summed E-state index contributed by atoms with van der Waals surface area (Å²) in [5, 5.41) is 7.31. The van der Waals surface area contributed by atoms with Gasteiger partial charge in [0, 0.05) is 10.9 Å². The van der Waals surface area contributed by atoms with Crippen LogP contribution in [0.5, 0.6) is 0 Å². The van der Waals surface area contributed by atoms with Gasteiger partial charge in [0.25, 0.3) is 0 Å². The molecule has 0 aliphatic carbocycles. The third kappa shape index (κ3) is 4.13. The molecule has 1 N–H and O–H groups in total. The molecular weight excluding hydrogens is 350 g/mol. The van der Waals surface area contributed by atoms with Crippen LogP contribution in [0.15, 0.2) is 95.4 Å². The van der Waals surface area contributed by atoms with Crippen molar-refractivity contribution in [3.05, 3.63) is 95.9 Å². The van der Waals surface area contributed by atoms with Crippen LogP contribution in [0.3, 0.4) is 0 Å². The summed E-state index contributed by atoms with van der Waals surface area (Å²) >= 11 is 1.55. The Morgan fingerprint density at radius 3 is 2.04 bits per heavy atom. The Labute approximate surface area is 163 Å². The highest BCUT2D eigenvalue weighted by molar-refractivity contribution is 7.14. The van der Waals surface area contributed by atoms with Gasteiger partial charge in [0.1, 0.15) is 0 Å². The molecule has 0 saturated heterocycles. The maximum Gasteiger partial charge on any atom is 0.203 e. The van der Waals surface area contributed by atoms with E-state index in [0.717, 1.165) is 27.7 Å². The molecule has 0 atom stereocenters. The van der Waals surface area contributed by atoms with Crippen molar-refractivity contribution in [3.63, 3.8) is 0 Å². The molecule has 27 heavy (non-hydrogen) atoms. The molecule has 132 valence electrons. The molecule has 1 aromatic heterocycles. The molecule has 0 fully saturated rings. The molecule has 0 aliphatic rings. The third-order valence-corrected chi connectivity index (χ3v) is 5.05. The molecule has 0 spiro atoms. The van der Waals surface area contributed by atoms with E-state index in [1.165, 1.54) is 11.1 Å². The lowest BCUT2D eigenvalue weighted by atomic mass is 10.0. The van der Waals surface area contributed by atoms with Gasteiger partial charge in [0.05, 0.1) is 11.4 Å². The summed E-state index contributed by atoms with van der Waals surface area (Å²) in [5.41, 5.74) is 9.57. The lowest BCUT2D eigenvalue weighted by Gasteiger charge is -2.05. The minimum absolute atomic E-state index is 0.786. The van der Waals surface area contributed by atoms with Gasteiger partial charge in [-0.1, -0.05) is 84.9 Å². The van der Waals surface area contributed by atoms with Crippen molar-refractivity contribution in [2.24, 2.45) is 5.10 Å². The van der Waals surface area contributed by atoms with Gasteiger partial charge in [-0.25, -0.2) is 4.98 Å². The second-order valence-corrected chi connectivity index (χ2v) is 7.01. The van der Waals surface area contributed by atoms with Gasteiger partial charge in [-0.05, 0) is 23.6 Å². The first-order valence-electron chi connectivity index (χ1n) is 8.77. The fourth-order valence-electron chi connectivity index (χ4n) is 2.80. The average molecular weight is 369 g/mol. The van der Waals surface area contributed by atoms with E-state index in [4.69, 9.17) is 0 Å². The first-order valence-corrected chi connectivity index (χ1v) is 9.65. The van der Waals surface area contributed by atoms with E-state index < -0.39 is 0 Å². The Morgan fingerprint density at radius 1 is 0.778 bits per heavy atom. The minimum atomic E-state index is 0.786. The summed E-state index contributed by atoms with van der Waals surface area (Å²) in [6.45, 7) is 2.00. The first-order chi connectivity index (χ1) is 13.3. The van der Waals surface area contributed by atoms with Crippen molar-refractivity contribution >= 4 is 22.2 Å². The van der Waals surface area contributed by atoms with Gasteiger partial charge in [0.2, 0.25) is 5.13 Å². The largest absolute Gasteiger partial charge is 0.252 e. The number of hydrogen-bond acceptors (Lipinski definition) is 4. The second kappa shape index (κ2) is 7.98. The number of nitrogens with one attached hydrogen (secondary N) is 1. The fraction of sp³-hybridized carbons (Fsp3) is 0.0435. The number of benzene rings is 3. The highest BCUT2D eigenvalue weighted by atomic mass is 32.1. The molecular formula is C23H19N3S. The van der Waals surface area contributed by atoms with Crippen LogP contribution in [0.1, 0.15) is 12.5 Å². The van der Waals surface area contributed by atoms with Crippen LogP contribution in [0.2, 0.25) is 0 Å². The quantitative estimate of drug-likeness (QED) is 0.330. The summed E-state index contributed by atoms with van der Waals surface area (Å²) < 4.78 is 0. The van der Waals surface area contributed by atoms with Crippen LogP contribution in [0.4, 0.5) is 5.13 Å². The molecule has 4 rings (SSSR count). The van der Waals surface area contributed by atoms with E-state index in [2.05, 4.69) is 76.2 Å². The number of hydrogen-bond donors (Lipinski definition) is 1. The lowest BCUT2D eigenvalue weighted by molar-refractivity contribution is 1.27. The smallest absolute Gasteiger partial charge is 0.203 e. The summed E-state index contributed by atoms with van der Waals surface area (Å²) in [6.07, 6.45) is 0. The van der Waals surface area contributed by atoms with Gasteiger partial charge in [0.15, 0.2) is 0 Å². The molecule has 1 heterocycles. The van der Waals surface area contributed by atoms with E-state index in [9.17, 15) is 0 Å². The molecule has 4 aromatic rings. The molecule has 3 nitrogen and oxygen atoms in total. The standard InChI is InChI=1S/C23H19N3S/c1-17(18-12-14-20(15-13-18)19-8-4-2-5-9-19)25-26-23-24-22(16-27-23)21-10-6-3-7-11-21/h2-16H,1H3,(H,24,26)/b25-17-. The normalized spacial score (nSPS) is 11.4. The van der Waals surface area contributed by atoms with Gasteiger partial charge >= 0.3 is 0 Å². The molecule has 0 aliphatic heterocycles. The van der Waals surface area contributed by atoms with Crippen molar-refractivity contribution < 1.29 is 0 Å². The van der Waals surface area contributed by atoms with Crippen LogP contribution < -0.4 is 5.43 Å². The van der Waals surface area contributed by atoms with Crippen LogP contribution in [0.25, 0.3) is 22.4 Å². The van der Waals surface area contributed by atoms with Crippen LogP contribution in [-0.2, 0) is 0 Å². The molecule has 0 saturated carbocycles. The van der Waals surface area contributed by atoms with Gasteiger partial charge in [-0.2, -0.15) is 5.10 Å². The molecule has 0 amide bonds. The van der Waals surface area contributed by atoms with Gasteiger partial charge < -0.3 is 0 Å². The predicted octanol–water partition coefficient (Wildman–Crippen LogP) is 6.31. The van der Waals surface area contributed by atoms with E-state index in [1.807, 2.05) is 36.6 Å². The monoisotopic (exact) mass is 369 g/mol. The van der Waals surface area contributed by atoms with Crippen LogP contribution in [0, 0.1) is 0 Å². The molecule has 3 aromatic carbocycles. The van der Waals surface area contributed by atoms with Crippen molar-refractivity contribution in [1.82, 2.24) is 4.98 Å². The predicted molar refractivity (Wildman–Crippen MR) is 115 cm³/mol.